The SMILES string of the molecule is O=C1CC2(CCN1Cc1ncccc1C(F)(F)F)CN(c1ccc(-c3ccccc3)cc1)c1ccccc12. The van der Waals surface area contributed by atoms with Crippen LogP contribution in [0.1, 0.15) is 29.7 Å². The minimum Gasteiger partial charge on any atom is -0.340 e. The molecule has 1 unspecified atom stereocenters. The second kappa shape index (κ2) is 9.31. The quantitative estimate of drug-likeness (QED) is 0.295. The third-order valence-corrected chi connectivity index (χ3v) is 7.75. The minimum absolute atomic E-state index is 0.115. The number of carbonyl (C=O) groups excluding carboxylic acids is 1. The van der Waals surface area contributed by atoms with Crippen LogP contribution in [0.15, 0.2) is 97.2 Å². The van der Waals surface area contributed by atoms with E-state index in [0.717, 1.165) is 34.1 Å². The van der Waals surface area contributed by atoms with Crippen LogP contribution < -0.4 is 4.90 Å². The lowest BCUT2D eigenvalue weighted by molar-refractivity contribution is -0.141. The number of fused-ring (bicyclic) bond motifs is 2. The van der Waals surface area contributed by atoms with E-state index in [4.69, 9.17) is 0 Å². The van der Waals surface area contributed by atoms with Crippen LogP contribution in [-0.4, -0.2) is 28.9 Å². The van der Waals surface area contributed by atoms with Crippen molar-refractivity contribution in [3.63, 3.8) is 0 Å². The first-order valence-electron chi connectivity index (χ1n) is 12.7. The van der Waals surface area contributed by atoms with Gasteiger partial charge in [0.15, 0.2) is 0 Å². The van der Waals surface area contributed by atoms with Gasteiger partial charge in [0.25, 0.3) is 0 Å². The van der Waals surface area contributed by atoms with E-state index in [1.807, 2.05) is 30.3 Å². The maximum Gasteiger partial charge on any atom is 0.418 e. The summed E-state index contributed by atoms with van der Waals surface area (Å²) >= 11 is 0. The van der Waals surface area contributed by atoms with Crippen LogP contribution in [0.5, 0.6) is 0 Å². The van der Waals surface area contributed by atoms with Crippen molar-refractivity contribution in [2.24, 2.45) is 0 Å². The van der Waals surface area contributed by atoms with Gasteiger partial charge in [0, 0.05) is 42.5 Å². The van der Waals surface area contributed by atoms with Crippen molar-refractivity contribution in [3.05, 3.63) is 114 Å². The van der Waals surface area contributed by atoms with Crippen molar-refractivity contribution in [1.82, 2.24) is 9.88 Å². The average molecular weight is 514 g/mol. The van der Waals surface area contributed by atoms with E-state index >= 15 is 0 Å². The Morgan fingerprint density at radius 3 is 2.29 bits per heavy atom. The number of hydrogen-bond acceptors (Lipinski definition) is 3. The standard InChI is InChI=1S/C31H26F3N3O/c32-31(33,34)25-10-6-17-35-27(25)20-36-18-16-30(19-29(36)38)21-37(28-11-5-4-9-26(28)30)24-14-12-23(13-15-24)22-7-2-1-3-8-22/h1-15,17H,16,18-21H2. The smallest absolute Gasteiger partial charge is 0.340 e. The second-order valence-electron chi connectivity index (χ2n) is 10.0. The lowest BCUT2D eigenvalue weighted by Crippen LogP contribution is -2.47. The summed E-state index contributed by atoms with van der Waals surface area (Å²) < 4.78 is 40.4. The molecule has 2 aliphatic rings. The van der Waals surface area contributed by atoms with Crippen molar-refractivity contribution < 1.29 is 18.0 Å². The Labute approximate surface area is 219 Å². The maximum atomic E-state index is 13.5. The van der Waals surface area contributed by atoms with Crippen molar-refractivity contribution in [1.29, 1.82) is 0 Å². The normalized spacial score (nSPS) is 19.2. The van der Waals surface area contributed by atoms with E-state index in [9.17, 15) is 18.0 Å². The van der Waals surface area contributed by atoms with E-state index in [0.29, 0.717) is 19.5 Å². The van der Waals surface area contributed by atoms with Crippen LogP contribution in [0.4, 0.5) is 24.5 Å². The predicted molar refractivity (Wildman–Crippen MR) is 141 cm³/mol. The molecule has 4 aromatic rings. The molecule has 1 aromatic heterocycles. The van der Waals surface area contributed by atoms with Gasteiger partial charge in [-0.25, -0.2) is 0 Å². The predicted octanol–water partition coefficient (Wildman–Crippen LogP) is 6.98. The third-order valence-electron chi connectivity index (χ3n) is 7.75. The number of piperidine rings is 1. The summed E-state index contributed by atoms with van der Waals surface area (Å²) in [6, 6.07) is 29.1. The third kappa shape index (κ3) is 4.32. The average Bonchev–Trinajstić information content (AvgIpc) is 3.24. The lowest BCUT2D eigenvalue weighted by atomic mass is 9.74. The summed E-state index contributed by atoms with van der Waals surface area (Å²) in [7, 11) is 0. The number of rotatable bonds is 4. The van der Waals surface area contributed by atoms with Crippen LogP contribution in [0.3, 0.4) is 0 Å². The molecule has 0 bridgehead atoms. The fraction of sp³-hybridized carbons (Fsp3) is 0.226. The molecule has 1 atom stereocenters. The molecule has 1 spiro atoms. The molecule has 38 heavy (non-hydrogen) atoms. The minimum atomic E-state index is -4.51. The largest absolute Gasteiger partial charge is 0.418 e. The summed E-state index contributed by atoms with van der Waals surface area (Å²) in [5.74, 6) is -0.147. The van der Waals surface area contributed by atoms with Crippen LogP contribution in [-0.2, 0) is 22.9 Å². The highest BCUT2D eigenvalue weighted by molar-refractivity contribution is 5.83. The van der Waals surface area contributed by atoms with Crippen LogP contribution in [0.25, 0.3) is 11.1 Å². The van der Waals surface area contributed by atoms with Gasteiger partial charge in [-0.2, -0.15) is 13.2 Å². The number of anilines is 2. The molecule has 3 aromatic carbocycles. The molecule has 0 radical (unpaired) electrons. The van der Waals surface area contributed by atoms with E-state index in [-0.39, 0.29) is 30.0 Å². The van der Waals surface area contributed by atoms with Gasteiger partial charge >= 0.3 is 6.18 Å². The van der Waals surface area contributed by atoms with Crippen LogP contribution >= 0.6 is 0 Å². The zero-order valence-corrected chi connectivity index (χ0v) is 20.7. The Balaban J connectivity index is 1.25. The molecular formula is C31H26F3N3O. The number of amides is 1. The first-order chi connectivity index (χ1) is 18.3. The van der Waals surface area contributed by atoms with Gasteiger partial charge in [0.2, 0.25) is 5.91 Å². The van der Waals surface area contributed by atoms with Gasteiger partial charge < -0.3 is 9.80 Å². The molecule has 1 saturated heterocycles. The molecule has 3 heterocycles. The molecule has 4 nitrogen and oxygen atoms in total. The lowest BCUT2D eigenvalue weighted by Gasteiger charge is -2.39. The van der Waals surface area contributed by atoms with Crippen LogP contribution in [0, 0.1) is 0 Å². The number of hydrogen-bond donors (Lipinski definition) is 0. The van der Waals surface area contributed by atoms with E-state index in [1.165, 1.54) is 17.2 Å². The highest BCUT2D eigenvalue weighted by Gasteiger charge is 2.48. The summed E-state index contributed by atoms with van der Waals surface area (Å²) in [6.45, 7) is 0.882. The molecule has 0 saturated carbocycles. The fourth-order valence-electron chi connectivity index (χ4n) is 5.82. The fourth-order valence-corrected chi connectivity index (χ4v) is 5.82. The maximum absolute atomic E-state index is 13.5. The highest BCUT2D eigenvalue weighted by Crippen LogP contribution is 2.50. The Bertz CT molecular complexity index is 1470. The van der Waals surface area contributed by atoms with E-state index < -0.39 is 11.7 Å². The summed E-state index contributed by atoms with van der Waals surface area (Å²) in [5.41, 5.74) is 4.23. The van der Waals surface area contributed by atoms with Gasteiger partial charge in [-0.05, 0) is 53.4 Å². The number of carbonyl (C=O) groups is 1. The van der Waals surface area contributed by atoms with Gasteiger partial charge in [0.05, 0.1) is 17.8 Å². The number of likely N-dealkylation sites (tertiary alicyclic amines) is 1. The van der Waals surface area contributed by atoms with Gasteiger partial charge in [-0.1, -0.05) is 60.7 Å². The van der Waals surface area contributed by atoms with Gasteiger partial charge in [0.1, 0.15) is 0 Å². The Morgan fingerprint density at radius 2 is 1.55 bits per heavy atom. The van der Waals surface area contributed by atoms with Gasteiger partial charge in [-0.15, -0.1) is 0 Å². The molecule has 7 heteroatoms. The summed E-state index contributed by atoms with van der Waals surface area (Å²) in [6.07, 6.45) is -2.25. The summed E-state index contributed by atoms with van der Waals surface area (Å²) in [4.78, 5) is 21.1. The molecule has 6 rings (SSSR count). The number of alkyl halides is 3. The number of nitrogens with zero attached hydrogens (tertiary/aromatic N) is 3. The number of para-hydroxylation sites is 1. The Morgan fingerprint density at radius 1 is 0.842 bits per heavy atom. The molecular weight excluding hydrogens is 487 g/mol. The molecule has 192 valence electrons. The Kier molecular flexibility index (Phi) is 5.94. The first kappa shape index (κ1) is 24.2. The number of benzene rings is 3. The zero-order chi connectivity index (χ0) is 26.3. The molecule has 1 fully saturated rings. The van der Waals surface area contributed by atoms with Crippen molar-refractivity contribution in [3.8, 4) is 11.1 Å². The molecule has 0 N–H and O–H groups in total. The summed E-state index contributed by atoms with van der Waals surface area (Å²) in [5, 5.41) is 0. The van der Waals surface area contributed by atoms with E-state index in [2.05, 4.69) is 58.4 Å². The van der Waals surface area contributed by atoms with E-state index in [1.54, 1.807) is 0 Å². The Hall–Kier alpha value is -4.13. The molecule has 2 aliphatic heterocycles. The second-order valence-corrected chi connectivity index (χ2v) is 10.0. The topological polar surface area (TPSA) is 36.4 Å². The van der Waals surface area contributed by atoms with Crippen LogP contribution in [0.2, 0.25) is 0 Å². The number of aromatic nitrogens is 1. The molecule has 0 aliphatic carbocycles. The monoisotopic (exact) mass is 513 g/mol. The van der Waals surface area contributed by atoms with Gasteiger partial charge in [-0.3, -0.25) is 9.78 Å². The zero-order valence-electron chi connectivity index (χ0n) is 20.7. The van der Waals surface area contributed by atoms with Crippen molar-refractivity contribution >= 4 is 17.3 Å². The van der Waals surface area contributed by atoms with Crippen molar-refractivity contribution in [2.45, 2.75) is 31.0 Å². The van der Waals surface area contributed by atoms with Crippen molar-refractivity contribution in [2.75, 3.05) is 18.0 Å². The number of halogens is 3. The molecule has 1 amide bonds. The highest BCUT2D eigenvalue weighted by atomic mass is 19.4. The first-order valence-corrected chi connectivity index (χ1v) is 12.7. The number of pyridine rings is 1.